The van der Waals surface area contributed by atoms with Crippen LogP contribution in [0.4, 0.5) is 0 Å². The second-order valence-electron chi connectivity index (χ2n) is 3.98. The molecule has 1 heterocycles. The van der Waals surface area contributed by atoms with Gasteiger partial charge in [0, 0.05) is 13.0 Å². The van der Waals surface area contributed by atoms with Crippen LogP contribution < -0.4 is 5.32 Å². The van der Waals surface area contributed by atoms with E-state index in [4.69, 9.17) is 0 Å². The van der Waals surface area contributed by atoms with E-state index in [9.17, 15) is 0 Å². The molecule has 0 saturated heterocycles. The Morgan fingerprint density at radius 1 is 1.35 bits per heavy atom. The topological polar surface area (TPSA) is 29.9 Å². The highest BCUT2D eigenvalue weighted by atomic mass is 79.9. The van der Waals surface area contributed by atoms with E-state index in [1.807, 2.05) is 6.92 Å². The van der Waals surface area contributed by atoms with Crippen LogP contribution in [0.15, 0.2) is 16.6 Å². The average Bonchev–Trinajstić information content (AvgIpc) is 2.60. The molecule has 0 aliphatic rings. The third kappa shape index (κ3) is 4.28. The number of halogens is 1. The molecular formula is C13H22BrN3. The normalized spacial score (nSPS) is 11.5. The van der Waals surface area contributed by atoms with E-state index in [0.717, 1.165) is 42.6 Å². The van der Waals surface area contributed by atoms with Gasteiger partial charge in [0.05, 0.1) is 15.9 Å². The molecule has 0 atom stereocenters. The highest BCUT2D eigenvalue weighted by Crippen LogP contribution is 2.21. The lowest BCUT2D eigenvalue weighted by atomic mass is 10.2. The summed E-state index contributed by atoms with van der Waals surface area (Å²) in [5, 5.41) is 7.79. The van der Waals surface area contributed by atoms with Gasteiger partial charge in [-0.05, 0) is 49.3 Å². The molecule has 0 saturated carbocycles. The number of rotatable bonds is 7. The maximum absolute atomic E-state index is 4.48. The van der Waals surface area contributed by atoms with Gasteiger partial charge >= 0.3 is 0 Å². The minimum Gasteiger partial charge on any atom is -0.317 e. The van der Waals surface area contributed by atoms with E-state index < -0.39 is 0 Å². The minimum atomic E-state index is 0.924. The number of aryl methyl sites for hydroxylation is 2. The zero-order valence-electron chi connectivity index (χ0n) is 11.0. The number of hydrogen-bond acceptors (Lipinski definition) is 2. The molecule has 4 heteroatoms. The lowest BCUT2D eigenvalue weighted by Crippen LogP contribution is -2.12. The molecule has 1 rings (SSSR count). The van der Waals surface area contributed by atoms with Crippen LogP contribution in [-0.2, 0) is 13.0 Å². The molecule has 0 unspecified atom stereocenters. The number of allylic oxidation sites excluding steroid dienone is 1. The highest BCUT2D eigenvalue weighted by Gasteiger charge is 2.09. The van der Waals surface area contributed by atoms with Crippen LogP contribution >= 0.6 is 15.9 Å². The lowest BCUT2D eigenvalue weighted by molar-refractivity contribution is 0.626. The highest BCUT2D eigenvalue weighted by molar-refractivity contribution is 9.10. The minimum absolute atomic E-state index is 0.924. The largest absolute Gasteiger partial charge is 0.317 e. The van der Waals surface area contributed by atoms with Crippen molar-refractivity contribution in [3.05, 3.63) is 28.0 Å². The molecule has 0 aromatic carbocycles. The zero-order valence-corrected chi connectivity index (χ0v) is 12.5. The first kappa shape index (κ1) is 14.5. The van der Waals surface area contributed by atoms with Gasteiger partial charge < -0.3 is 5.32 Å². The second kappa shape index (κ2) is 7.67. The van der Waals surface area contributed by atoms with Gasteiger partial charge in [0.2, 0.25) is 0 Å². The molecule has 3 nitrogen and oxygen atoms in total. The summed E-state index contributed by atoms with van der Waals surface area (Å²) in [5.74, 6) is 0. The summed E-state index contributed by atoms with van der Waals surface area (Å²) in [5.41, 5.74) is 2.34. The summed E-state index contributed by atoms with van der Waals surface area (Å²) in [6.45, 7) is 9.31. The maximum atomic E-state index is 4.48. The van der Waals surface area contributed by atoms with Crippen molar-refractivity contribution in [1.82, 2.24) is 15.1 Å². The maximum Gasteiger partial charge on any atom is 0.0738 e. The molecule has 0 amide bonds. The van der Waals surface area contributed by atoms with E-state index in [0.29, 0.717) is 0 Å². The second-order valence-corrected chi connectivity index (χ2v) is 4.77. The molecule has 0 aliphatic carbocycles. The van der Waals surface area contributed by atoms with Gasteiger partial charge in [-0.3, -0.25) is 4.68 Å². The van der Waals surface area contributed by atoms with Crippen LogP contribution in [0.5, 0.6) is 0 Å². The molecule has 17 heavy (non-hydrogen) atoms. The summed E-state index contributed by atoms with van der Waals surface area (Å²) in [7, 11) is 0. The first-order valence-corrected chi connectivity index (χ1v) is 7.07. The number of nitrogens with zero attached hydrogens (tertiary/aromatic N) is 2. The third-order valence-electron chi connectivity index (χ3n) is 2.67. The Morgan fingerprint density at radius 2 is 2.12 bits per heavy atom. The molecule has 1 aromatic rings. The standard InChI is InChI=1S/C13H22BrN3/c1-4-15-10-8-6-7-9-12-13(14)11(3)16-17(12)5-2/h6-7,15H,4-5,8-10H2,1-3H3. The quantitative estimate of drug-likeness (QED) is 0.619. The molecule has 0 aliphatic heterocycles. The number of hydrogen-bond donors (Lipinski definition) is 1. The van der Waals surface area contributed by atoms with Gasteiger partial charge in [0.15, 0.2) is 0 Å². The van der Waals surface area contributed by atoms with Crippen molar-refractivity contribution in [2.75, 3.05) is 13.1 Å². The summed E-state index contributed by atoms with van der Waals surface area (Å²) in [6, 6.07) is 0. The van der Waals surface area contributed by atoms with Gasteiger partial charge in [-0.2, -0.15) is 5.10 Å². The van der Waals surface area contributed by atoms with Crippen LogP contribution in [0, 0.1) is 6.92 Å². The van der Waals surface area contributed by atoms with Crippen LogP contribution in [0.1, 0.15) is 31.7 Å². The summed E-state index contributed by atoms with van der Waals surface area (Å²) in [4.78, 5) is 0. The molecule has 96 valence electrons. The fourth-order valence-corrected chi connectivity index (χ4v) is 2.18. The Hall–Kier alpha value is -0.610. The Bertz CT molecular complexity index is 369. The van der Waals surface area contributed by atoms with Crippen molar-refractivity contribution < 1.29 is 0 Å². The first-order chi connectivity index (χ1) is 8.20. The molecule has 1 N–H and O–H groups in total. The zero-order chi connectivity index (χ0) is 12.7. The fourth-order valence-electron chi connectivity index (χ4n) is 1.74. The molecule has 0 fully saturated rings. The molecule has 0 bridgehead atoms. The number of nitrogens with one attached hydrogen (secondary N) is 1. The van der Waals surface area contributed by atoms with E-state index >= 15 is 0 Å². The molecule has 0 spiro atoms. The van der Waals surface area contributed by atoms with Crippen molar-refractivity contribution in [3.63, 3.8) is 0 Å². The van der Waals surface area contributed by atoms with Crippen LogP contribution in [-0.4, -0.2) is 22.9 Å². The molecule has 0 radical (unpaired) electrons. The van der Waals surface area contributed by atoms with E-state index in [1.54, 1.807) is 0 Å². The van der Waals surface area contributed by atoms with E-state index in [-0.39, 0.29) is 0 Å². The van der Waals surface area contributed by atoms with Crippen molar-refractivity contribution in [2.45, 2.75) is 40.2 Å². The van der Waals surface area contributed by atoms with Crippen molar-refractivity contribution in [1.29, 1.82) is 0 Å². The number of aromatic nitrogens is 2. The molecule has 1 aromatic heterocycles. The predicted octanol–water partition coefficient (Wildman–Crippen LogP) is 3.07. The summed E-state index contributed by atoms with van der Waals surface area (Å²) >= 11 is 3.61. The van der Waals surface area contributed by atoms with Gasteiger partial charge in [0.25, 0.3) is 0 Å². The van der Waals surface area contributed by atoms with Crippen LogP contribution in [0.25, 0.3) is 0 Å². The summed E-state index contributed by atoms with van der Waals surface area (Å²) < 4.78 is 3.21. The van der Waals surface area contributed by atoms with Gasteiger partial charge in [-0.15, -0.1) is 0 Å². The Morgan fingerprint density at radius 3 is 2.76 bits per heavy atom. The molecular weight excluding hydrogens is 278 g/mol. The Labute approximate surface area is 112 Å². The summed E-state index contributed by atoms with van der Waals surface area (Å²) in [6.07, 6.45) is 6.49. The van der Waals surface area contributed by atoms with Crippen molar-refractivity contribution in [3.8, 4) is 0 Å². The Balaban J connectivity index is 2.50. The SMILES string of the molecule is CCNCCC=CCc1c(Br)c(C)nn1CC. The van der Waals surface area contributed by atoms with E-state index in [2.05, 4.69) is 57.0 Å². The predicted molar refractivity (Wildman–Crippen MR) is 76.3 cm³/mol. The van der Waals surface area contributed by atoms with Crippen LogP contribution in [0.3, 0.4) is 0 Å². The lowest BCUT2D eigenvalue weighted by Gasteiger charge is -2.02. The monoisotopic (exact) mass is 299 g/mol. The smallest absolute Gasteiger partial charge is 0.0738 e. The van der Waals surface area contributed by atoms with Gasteiger partial charge in [-0.1, -0.05) is 19.1 Å². The third-order valence-corrected chi connectivity index (χ3v) is 3.70. The van der Waals surface area contributed by atoms with Crippen LogP contribution in [0.2, 0.25) is 0 Å². The van der Waals surface area contributed by atoms with Crippen molar-refractivity contribution in [2.24, 2.45) is 0 Å². The Kier molecular flexibility index (Phi) is 6.52. The van der Waals surface area contributed by atoms with Crippen molar-refractivity contribution >= 4 is 15.9 Å². The van der Waals surface area contributed by atoms with E-state index in [1.165, 1.54) is 5.69 Å². The van der Waals surface area contributed by atoms with Gasteiger partial charge in [-0.25, -0.2) is 0 Å². The first-order valence-electron chi connectivity index (χ1n) is 6.28. The van der Waals surface area contributed by atoms with Gasteiger partial charge in [0.1, 0.15) is 0 Å². The fraction of sp³-hybridized carbons (Fsp3) is 0.615. The average molecular weight is 300 g/mol.